The summed E-state index contributed by atoms with van der Waals surface area (Å²) < 4.78 is 20.3. The standard InChI is InChI=1S/C21H23FN6O3/c1-27-7-6-17(26-27)20(30)24-18(14-2-4-15(22)5-3-14)12-16-13-19(29)25-21(23-16)28-8-10-31-11-9-28/h2-7,13,18H,8-12H2,1H3,(H,24,30)(H,23,25,29)/t18-/m1/s1. The summed E-state index contributed by atoms with van der Waals surface area (Å²) in [4.78, 5) is 34.3. The number of halogens is 1. The molecule has 0 spiro atoms. The average Bonchev–Trinajstić information content (AvgIpc) is 3.20. The van der Waals surface area contributed by atoms with Crippen LogP contribution in [0.3, 0.4) is 0 Å². The Labute approximate surface area is 177 Å². The number of H-pyrrole nitrogens is 1. The van der Waals surface area contributed by atoms with Gasteiger partial charge in [-0.15, -0.1) is 0 Å². The van der Waals surface area contributed by atoms with Crippen LogP contribution in [-0.4, -0.2) is 52.0 Å². The van der Waals surface area contributed by atoms with Crippen molar-refractivity contribution in [2.24, 2.45) is 7.05 Å². The van der Waals surface area contributed by atoms with Gasteiger partial charge in [0.15, 0.2) is 0 Å². The summed E-state index contributed by atoms with van der Waals surface area (Å²) in [5.41, 5.74) is 1.20. The summed E-state index contributed by atoms with van der Waals surface area (Å²) in [6.07, 6.45) is 1.93. The number of ether oxygens (including phenoxy) is 1. The van der Waals surface area contributed by atoms with Crippen LogP contribution >= 0.6 is 0 Å². The molecule has 10 heteroatoms. The van der Waals surface area contributed by atoms with Crippen molar-refractivity contribution in [3.8, 4) is 0 Å². The predicted molar refractivity (Wildman–Crippen MR) is 111 cm³/mol. The zero-order valence-electron chi connectivity index (χ0n) is 17.0. The number of nitrogens with one attached hydrogen (secondary N) is 2. The second-order valence-corrected chi connectivity index (χ2v) is 7.32. The topological polar surface area (TPSA) is 105 Å². The largest absolute Gasteiger partial charge is 0.378 e. The van der Waals surface area contributed by atoms with Gasteiger partial charge < -0.3 is 15.0 Å². The molecule has 0 radical (unpaired) electrons. The minimum absolute atomic E-state index is 0.255. The molecule has 31 heavy (non-hydrogen) atoms. The molecule has 0 bridgehead atoms. The summed E-state index contributed by atoms with van der Waals surface area (Å²) in [6.45, 7) is 2.38. The Balaban J connectivity index is 1.61. The Morgan fingerprint density at radius 2 is 2.00 bits per heavy atom. The van der Waals surface area contributed by atoms with Crippen LogP contribution < -0.4 is 15.8 Å². The van der Waals surface area contributed by atoms with Crippen LogP contribution in [0, 0.1) is 5.82 Å². The fourth-order valence-corrected chi connectivity index (χ4v) is 3.45. The first-order valence-corrected chi connectivity index (χ1v) is 9.97. The van der Waals surface area contributed by atoms with Gasteiger partial charge in [-0.05, 0) is 23.8 Å². The van der Waals surface area contributed by atoms with E-state index in [9.17, 15) is 14.0 Å². The van der Waals surface area contributed by atoms with Gasteiger partial charge in [0.1, 0.15) is 11.5 Å². The van der Waals surface area contributed by atoms with E-state index in [1.165, 1.54) is 22.9 Å². The normalized spacial score (nSPS) is 15.0. The van der Waals surface area contributed by atoms with Crippen LogP contribution in [0.15, 0.2) is 47.4 Å². The number of amides is 1. The summed E-state index contributed by atoms with van der Waals surface area (Å²) in [7, 11) is 1.72. The SMILES string of the molecule is Cn1ccc(C(=O)N[C@H](Cc2cc(=O)[nH]c(N3CCOCC3)n2)c2ccc(F)cc2)n1. The van der Waals surface area contributed by atoms with Crippen molar-refractivity contribution in [1.29, 1.82) is 0 Å². The number of carbonyl (C=O) groups is 1. The van der Waals surface area contributed by atoms with E-state index in [-0.39, 0.29) is 29.4 Å². The highest BCUT2D eigenvalue weighted by molar-refractivity contribution is 5.92. The van der Waals surface area contributed by atoms with Gasteiger partial charge in [-0.3, -0.25) is 19.3 Å². The predicted octanol–water partition coefficient (Wildman–Crippen LogP) is 1.19. The van der Waals surface area contributed by atoms with E-state index >= 15 is 0 Å². The lowest BCUT2D eigenvalue weighted by Crippen LogP contribution is -2.38. The highest BCUT2D eigenvalue weighted by atomic mass is 19.1. The Kier molecular flexibility index (Phi) is 6.08. The number of benzene rings is 1. The molecular formula is C21H23FN6O3. The van der Waals surface area contributed by atoms with Crippen molar-refractivity contribution in [1.82, 2.24) is 25.1 Å². The smallest absolute Gasteiger partial charge is 0.272 e. The zero-order valence-corrected chi connectivity index (χ0v) is 17.0. The lowest BCUT2D eigenvalue weighted by molar-refractivity contribution is 0.0930. The van der Waals surface area contributed by atoms with Gasteiger partial charge in [0, 0.05) is 38.8 Å². The number of hydrogen-bond donors (Lipinski definition) is 2. The fourth-order valence-electron chi connectivity index (χ4n) is 3.45. The zero-order chi connectivity index (χ0) is 21.8. The molecule has 0 aliphatic carbocycles. The quantitative estimate of drug-likeness (QED) is 0.614. The lowest BCUT2D eigenvalue weighted by Gasteiger charge is -2.27. The van der Waals surface area contributed by atoms with Gasteiger partial charge in [0.05, 0.1) is 24.9 Å². The maximum Gasteiger partial charge on any atom is 0.272 e. The van der Waals surface area contributed by atoms with Crippen molar-refractivity contribution in [3.05, 3.63) is 75.7 Å². The average molecular weight is 426 g/mol. The third-order valence-corrected chi connectivity index (χ3v) is 5.03. The summed E-state index contributed by atoms with van der Waals surface area (Å²) in [5.74, 6) is -0.268. The maximum atomic E-state index is 13.4. The number of hydrogen-bond acceptors (Lipinski definition) is 6. The molecule has 1 aliphatic heterocycles. The van der Waals surface area contributed by atoms with Gasteiger partial charge >= 0.3 is 0 Å². The van der Waals surface area contributed by atoms with Gasteiger partial charge in [0.2, 0.25) is 5.95 Å². The van der Waals surface area contributed by atoms with Gasteiger partial charge in [-0.1, -0.05) is 12.1 Å². The van der Waals surface area contributed by atoms with Gasteiger partial charge in [-0.2, -0.15) is 5.10 Å². The molecule has 1 amide bonds. The Hall–Kier alpha value is -3.53. The number of nitrogens with zero attached hydrogens (tertiary/aromatic N) is 4. The van der Waals surface area contributed by atoms with E-state index < -0.39 is 6.04 Å². The fraction of sp³-hybridized carbons (Fsp3) is 0.333. The number of carbonyl (C=O) groups excluding carboxylic acids is 1. The van der Waals surface area contributed by atoms with E-state index in [0.29, 0.717) is 43.5 Å². The molecule has 162 valence electrons. The number of aryl methyl sites for hydroxylation is 1. The maximum absolute atomic E-state index is 13.4. The minimum atomic E-state index is -0.526. The van der Waals surface area contributed by atoms with Crippen molar-refractivity contribution in [3.63, 3.8) is 0 Å². The number of morpholine rings is 1. The Bertz CT molecular complexity index is 1100. The molecule has 1 aromatic carbocycles. The number of rotatable bonds is 6. The molecule has 2 N–H and O–H groups in total. The third-order valence-electron chi connectivity index (χ3n) is 5.03. The number of anilines is 1. The molecule has 2 aromatic heterocycles. The molecule has 1 atom stereocenters. The van der Waals surface area contributed by atoms with E-state index in [0.717, 1.165) is 0 Å². The molecule has 0 saturated carbocycles. The van der Waals surface area contributed by atoms with Crippen molar-refractivity contribution < 1.29 is 13.9 Å². The van der Waals surface area contributed by atoms with Crippen LogP contribution in [0.5, 0.6) is 0 Å². The van der Waals surface area contributed by atoms with E-state index in [2.05, 4.69) is 20.4 Å². The molecule has 1 fully saturated rings. The second-order valence-electron chi connectivity index (χ2n) is 7.32. The first-order chi connectivity index (χ1) is 15.0. The van der Waals surface area contributed by atoms with Crippen molar-refractivity contribution >= 4 is 11.9 Å². The van der Waals surface area contributed by atoms with E-state index in [4.69, 9.17) is 4.74 Å². The van der Waals surface area contributed by atoms with Gasteiger partial charge in [-0.25, -0.2) is 9.37 Å². The van der Waals surface area contributed by atoms with E-state index in [1.807, 2.05) is 4.90 Å². The third kappa shape index (κ3) is 5.15. The molecular weight excluding hydrogens is 403 g/mol. The van der Waals surface area contributed by atoms with Gasteiger partial charge in [0.25, 0.3) is 11.5 Å². The summed E-state index contributed by atoms with van der Waals surface area (Å²) in [6, 6.07) is 8.37. The minimum Gasteiger partial charge on any atom is -0.378 e. The molecule has 9 nitrogen and oxygen atoms in total. The molecule has 0 unspecified atom stereocenters. The summed E-state index contributed by atoms with van der Waals surface area (Å²) in [5, 5.41) is 7.05. The van der Waals surface area contributed by atoms with Crippen LogP contribution in [-0.2, 0) is 18.2 Å². The number of aromatic nitrogens is 4. The van der Waals surface area contributed by atoms with Crippen LogP contribution in [0.2, 0.25) is 0 Å². The van der Waals surface area contributed by atoms with Crippen molar-refractivity contribution in [2.45, 2.75) is 12.5 Å². The highest BCUT2D eigenvalue weighted by Gasteiger charge is 2.21. The molecule has 4 rings (SSSR count). The van der Waals surface area contributed by atoms with Crippen molar-refractivity contribution in [2.75, 3.05) is 31.2 Å². The van der Waals surface area contributed by atoms with Crippen LogP contribution in [0.25, 0.3) is 0 Å². The monoisotopic (exact) mass is 426 g/mol. The first-order valence-electron chi connectivity index (χ1n) is 9.97. The summed E-state index contributed by atoms with van der Waals surface area (Å²) >= 11 is 0. The highest BCUT2D eigenvalue weighted by Crippen LogP contribution is 2.20. The Morgan fingerprint density at radius 3 is 2.68 bits per heavy atom. The number of aromatic amines is 1. The lowest BCUT2D eigenvalue weighted by atomic mass is 10.0. The van der Waals surface area contributed by atoms with E-state index in [1.54, 1.807) is 31.4 Å². The van der Waals surface area contributed by atoms with Crippen LogP contribution in [0.1, 0.15) is 27.8 Å². The Morgan fingerprint density at radius 1 is 1.26 bits per heavy atom. The molecule has 1 saturated heterocycles. The molecule has 3 heterocycles. The molecule has 3 aromatic rings. The second kappa shape index (κ2) is 9.09. The first kappa shape index (κ1) is 20.7. The molecule has 1 aliphatic rings. The van der Waals surface area contributed by atoms with Crippen LogP contribution in [0.4, 0.5) is 10.3 Å².